The summed E-state index contributed by atoms with van der Waals surface area (Å²) in [6, 6.07) is 13.3. The molecule has 0 radical (unpaired) electrons. The first kappa shape index (κ1) is 12.6. The zero-order chi connectivity index (χ0) is 12.8. The van der Waals surface area contributed by atoms with E-state index in [1.165, 1.54) is 0 Å². The van der Waals surface area contributed by atoms with Gasteiger partial charge >= 0.3 is 0 Å². The summed E-state index contributed by atoms with van der Waals surface area (Å²) in [6.07, 6.45) is 0.230. The van der Waals surface area contributed by atoms with Crippen molar-refractivity contribution in [1.82, 2.24) is 0 Å². The number of thiophene rings is 1. The van der Waals surface area contributed by atoms with Crippen molar-refractivity contribution in [2.24, 2.45) is 0 Å². The summed E-state index contributed by atoms with van der Waals surface area (Å²) in [7, 11) is 0. The Morgan fingerprint density at radius 3 is 2.94 bits per heavy atom. The molecule has 0 bridgehead atoms. The largest absolute Gasteiger partial charge is 0.388 e. The summed E-state index contributed by atoms with van der Waals surface area (Å²) in [6.45, 7) is 0.675. The molecule has 0 saturated heterocycles. The first-order chi connectivity index (χ1) is 8.79. The first-order valence-electron chi connectivity index (χ1n) is 5.75. The van der Waals surface area contributed by atoms with Crippen LogP contribution in [0.1, 0.15) is 23.0 Å². The molecular formula is C14H14N2OS. The highest BCUT2D eigenvalue weighted by molar-refractivity contribution is 7.10. The fourth-order valence-electron chi connectivity index (χ4n) is 1.68. The van der Waals surface area contributed by atoms with Crippen molar-refractivity contribution < 1.29 is 5.11 Å². The van der Waals surface area contributed by atoms with Gasteiger partial charge in [0.1, 0.15) is 0 Å². The molecule has 0 aliphatic rings. The normalized spacial score (nSPS) is 11.8. The number of rotatable bonds is 5. The molecule has 1 aromatic heterocycles. The molecule has 0 saturated carbocycles. The van der Waals surface area contributed by atoms with Crippen LogP contribution >= 0.6 is 11.3 Å². The van der Waals surface area contributed by atoms with E-state index in [0.29, 0.717) is 18.5 Å². The fourth-order valence-corrected chi connectivity index (χ4v) is 2.42. The molecule has 1 aromatic carbocycles. The number of nitrogens with zero attached hydrogens (tertiary/aromatic N) is 1. The number of nitriles is 1. The quantitative estimate of drug-likeness (QED) is 0.866. The van der Waals surface area contributed by atoms with Crippen molar-refractivity contribution in [2.45, 2.75) is 12.5 Å². The average Bonchev–Trinajstić information content (AvgIpc) is 2.93. The molecule has 0 aliphatic carbocycles. The lowest BCUT2D eigenvalue weighted by Gasteiger charge is -2.10. The van der Waals surface area contributed by atoms with Gasteiger partial charge < -0.3 is 10.4 Å². The minimum atomic E-state index is -0.420. The maximum absolute atomic E-state index is 9.91. The predicted molar refractivity (Wildman–Crippen MR) is 73.5 cm³/mol. The molecule has 0 amide bonds. The van der Waals surface area contributed by atoms with Gasteiger partial charge in [-0.2, -0.15) is 5.26 Å². The highest BCUT2D eigenvalue weighted by atomic mass is 32.1. The summed E-state index contributed by atoms with van der Waals surface area (Å²) in [4.78, 5) is 0.988. The number of aliphatic hydroxyl groups excluding tert-OH is 1. The Kier molecular flexibility index (Phi) is 4.35. The second-order valence-electron chi connectivity index (χ2n) is 3.94. The van der Waals surface area contributed by atoms with Crippen molar-refractivity contribution in [3.63, 3.8) is 0 Å². The topological polar surface area (TPSA) is 56.0 Å². The van der Waals surface area contributed by atoms with Gasteiger partial charge in [-0.1, -0.05) is 12.1 Å². The molecule has 92 valence electrons. The molecule has 18 heavy (non-hydrogen) atoms. The zero-order valence-electron chi connectivity index (χ0n) is 9.84. The predicted octanol–water partition coefficient (Wildman–Crippen LogP) is 3.16. The number of hydrogen-bond donors (Lipinski definition) is 2. The standard InChI is InChI=1S/C14H14N2OS/c15-10-11-3-1-4-12(9-11)16-7-6-13(17)14-5-2-8-18-14/h1-5,8-9,13,16-17H,6-7H2. The van der Waals surface area contributed by atoms with E-state index in [4.69, 9.17) is 5.26 Å². The highest BCUT2D eigenvalue weighted by Crippen LogP contribution is 2.21. The summed E-state index contributed by atoms with van der Waals surface area (Å²) >= 11 is 1.56. The molecule has 2 rings (SSSR count). The Morgan fingerprint density at radius 1 is 1.33 bits per heavy atom. The van der Waals surface area contributed by atoms with Crippen molar-refractivity contribution in [1.29, 1.82) is 5.26 Å². The number of aliphatic hydroxyl groups is 1. The second-order valence-corrected chi connectivity index (χ2v) is 4.92. The van der Waals surface area contributed by atoms with Crippen LogP contribution in [0.25, 0.3) is 0 Å². The van der Waals surface area contributed by atoms with E-state index in [1.807, 2.05) is 29.6 Å². The van der Waals surface area contributed by atoms with Gasteiger partial charge in [-0.3, -0.25) is 0 Å². The van der Waals surface area contributed by atoms with Gasteiger partial charge in [0, 0.05) is 17.1 Å². The maximum Gasteiger partial charge on any atom is 0.0992 e. The van der Waals surface area contributed by atoms with Crippen molar-refractivity contribution in [2.75, 3.05) is 11.9 Å². The molecule has 1 atom stereocenters. The van der Waals surface area contributed by atoms with Crippen LogP contribution in [0.3, 0.4) is 0 Å². The molecule has 0 aliphatic heterocycles. The minimum Gasteiger partial charge on any atom is -0.388 e. The van der Waals surface area contributed by atoms with Crippen molar-refractivity contribution >= 4 is 17.0 Å². The SMILES string of the molecule is N#Cc1cccc(NCCC(O)c2cccs2)c1. The van der Waals surface area contributed by atoms with E-state index in [9.17, 15) is 5.11 Å². The average molecular weight is 258 g/mol. The Morgan fingerprint density at radius 2 is 2.22 bits per heavy atom. The van der Waals surface area contributed by atoms with Gasteiger partial charge in [-0.05, 0) is 36.1 Å². The van der Waals surface area contributed by atoms with Crippen LogP contribution in [-0.2, 0) is 0 Å². The van der Waals surface area contributed by atoms with Crippen LogP contribution in [0.5, 0.6) is 0 Å². The van der Waals surface area contributed by atoms with Gasteiger partial charge in [0.05, 0.1) is 17.7 Å². The van der Waals surface area contributed by atoms with Gasteiger partial charge in [0.15, 0.2) is 0 Å². The van der Waals surface area contributed by atoms with Crippen LogP contribution in [0.4, 0.5) is 5.69 Å². The number of nitrogens with one attached hydrogen (secondary N) is 1. The lowest BCUT2D eigenvalue weighted by molar-refractivity contribution is 0.175. The second kappa shape index (κ2) is 6.20. The van der Waals surface area contributed by atoms with Crippen molar-refractivity contribution in [3.05, 3.63) is 52.2 Å². The molecular weight excluding hydrogens is 244 g/mol. The first-order valence-corrected chi connectivity index (χ1v) is 6.63. The molecule has 0 fully saturated rings. The molecule has 1 heterocycles. The zero-order valence-corrected chi connectivity index (χ0v) is 10.7. The lowest BCUT2D eigenvalue weighted by Crippen LogP contribution is -2.06. The Labute approximate surface area is 110 Å². The van der Waals surface area contributed by atoms with E-state index in [-0.39, 0.29) is 0 Å². The van der Waals surface area contributed by atoms with Crippen molar-refractivity contribution in [3.8, 4) is 6.07 Å². The number of benzene rings is 1. The number of anilines is 1. The van der Waals surface area contributed by atoms with Gasteiger partial charge in [-0.25, -0.2) is 0 Å². The third kappa shape index (κ3) is 3.33. The summed E-state index contributed by atoms with van der Waals surface area (Å²) < 4.78 is 0. The molecule has 2 aromatic rings. The van der Waals surface area contributed by atoms with Crippen LogP contribution in [0.15, 0.2) is 41.8 Å². The molecule has 3 nitrogen and oxygen atoms in total. The third-order valence-electron chi connectivity index (χ3n) is 2.61. The summed E-state index contributed by atoms with van der Waals surface area (Å²) in [5.41, 5.74) is 1.55. The van der Waals surface area contributed by atoms with Crippen LogP contribution in [0, 0.1) is 11.3 Å². The third-order valence-corrected chi connectivity index (χ3v) is 3.58. The molecule has 4 heteroatoms. The maximum atomic E-state index is 9.91. The van der Waals surface area contributed by atoms with Crippen LogP contribution < -0.4 is 5.32 Å². The Bertz CT molecular complexity index is 531. The lowest BCUT2D eigenvalue weighted by atomic mass is 10.2. The fraction of sp³-hybridized carbons (Fsp3) is 0.214. The smallest absolute Gasteiger partial charge is 0.0992 e. The van der Waals surface area contributed by atoms with E-state index in [2.05, 4.69) is 11.4 Å². The number of hydrogen-bond acceptors (Lipinski definition) is 4. The molecule has 2 N–H and O–H groups in total. The van der Waals surface area contributed by atoms with Crippen LogP contribution in [-0.4, -0.2) is 11.7 Å². The minimum absolute atomic E-state index is 0.420. The monoisotopic (exact) mass is 258 g/mol. The van der Waals surface area contributed by atoms with Crippen LogP contribution in [0.2, 0.25) is 0 Å². The van der Waals surface area contributed by atoms with Gasteiger partial charge in [0.2, 0.25) is 0 Å². The van der Waals surface area contributed by atoms with E-state index in [1.54, 1.807) is 23.5 Å². The van der Waals surface area contributed by atoms with Gasteiger partial charge in [0.25, 0.3) is 0 Å². The van der Waals surface area contributed by atoms with E-state index < -0.39 is 6.10 Å². The Hall–Kier alpha value is -1.83. The Balaban J connectivity index is 1.83. The van der Waals surface area contributed by atoms with Gasteiger partial charge in [-0.15, -0.1) is 11.3 Å². The van der Waals surface area contributed by atoms with E-state index >= 15 is 0 Å². The molecule has 0 spiro atoms. The highest BCUT2D eigenvalue weighted by Gasteiger charge is 2.07. The molecule has 1 unspecified atom stereocenters. The summed E-state index contributed by atoms with van der Waals surface area (Å²) in [5.74, 6) is 0. The summed E-state index contributed by atoms with van der Waals surface area (Å²) in [5, 5.41) is 23.9. The van der Waals surface area contributed by atoms with E-state index in [0.717, 1.165) is 10.6 Å².